The van der Waals surface area contributed by atoms with Crippen LogP contribution in [0.4, 0.5) is 5.69 Å². The number of nitrogen functional groups attached to an aromatic ring is 1. The van der Waals surface area contributed by atoms with E-state index in [2.05, 4.69) is 41.9 Å². The Kier molecular flexibility index (Phi) is 4.48. The third-order valence-electron chi connectivity index (χ3n) is 3.01. The highest BCUT2D eigenvalue weighted by Gasteiger charge is 2.01. The van der Waals surface area contributed by atoms with Crippen molar-refractivity contribution in [2.24, 2.45) is 0 Å². The van der Waals surface area contributed by atoms with E-state index in [1.54, 1.807) is 0 Å². The van der Waals surface area contributed by atoms with E-state index in [0.29, 0.717) is 12.5 Å². The summed E-state index contributed by atoms with van der Waals surface area (Å²) in [5, 5.41) is 0. The van der Waals surface area contributed by atoms with Gasteiger partial charge in [-0.3, -0.25) is 0 Å². The Morgan fingerprint density at radius 1 is 1.11 bits per heavy atom. The van der Waals surface area contributed by atoms with Gasteiger partial charge in [0.1, 0.15) is 12.4 Å². The summed E-state index contributed by atoms with van der Waals surface area (Å²) in [6.45, 7) is 4.89. The van der Waals surface area contributed by atoms with E-state index in [9.17, 15) is 0 Å². The minimum Gasteiger partial charge on any atom is -0.489 e. The molecule has 0 saturated carbocycles. The second kappa shape index (κ2) is 6.11. The van der Waals surface area contributed by atoms with Crippen LogP contribution in [-0.2, 0) is 6.61 Å². The van der Waals surface area contributed by atoms with E-state index in [0.717, 1.165) is 21.5 Å². The molecule has 0 unspecified atom stereocenters. The molecule has 0 fully saturated rings. The number of ether oxygens (including phenoxy) is 1. The number of halogens is 1. The van der Waals surface area contributed by atoms with Crippen LogP contribution in [0.15, 0.2) is 46.9 Å². The molecule has 0 amide bonds. The van der Waals surface area contributed by atoms with Crippen LogP contribution in [0, 0.1) is 0 Å². The van der Waals surface area contributed by atoms with Crippen LogP contribution in [0.3, 0.4) is 0 Å². The molecule has 100 valence electrons. The Bertz CT molecular complexity index is 549. The predicted molar refractivity (Wildman–Crippen MR) is 83.4 cm³/mol. The van der Waals surface area contributed by atoms with E-state index in [4.69, 9.17) is 10.5 Å². The summed E-state index contributed by atoms with van der Waals surface area (Å²) in [6, 6.07) is 14.1. The van der Waals surface area contributed by atoms with Crippen LogP contribution in [0.25, 0.3) is 0 Å². The van der Waals surface area contributed by atoms with Crippen molar-refractivity contribution in [2.75, 3.05) is 5.73 Å². The Morgan fingerprint density at radius 2 is 1.79 bits per heavy atom. The Labute approximate surface area is 122 Å². The van der Waals surface area contributed by atoms with Gasteiger partial charge in [0.05, 0.1) is 0 Å². The third-order valence-corrected chi connectivity index (χ3v) is 3.73. The molecule has 0 atom stereocenters. The van der Waals surface area contributed by atoms with E-state index in [1.165, 1.54) is 5.56 Å². The molecule has 2 aromatic carbocycles. The fourth-order valence-corrected chi connectivity index (χ4v) is 2.05. The zero-order valence-corrected chi connectivity index (χ0v) is 12.8. The quantitative estimate of drug-likeness (QED) is 0.826. The molecule has 0 aliphatic rings. The minimum atomic E-state index is 0.526. The van der Waals surface area contributed by atoms with Crippen LogP contribution in [0.5, 0.6) is 5.75 Å². The molecule has 2 nitrogen and oxygen atoms in total. The predicted octanol–water partition coefficient (Wildman–Crippen LogP) is 4.73. The van der Waals surface area contributed by atoms with Crippen LogP contribution in [-0.4, -0.2) is 0 Å². The fraction of sp³-hybridized carbons (Fsp3) is 0.250. The molecule has 3 heteroatoms. The Balaban J connectivity index is 2.00. The number of nitrogens with two attached hydrogens (primary N) is 1. The lowest BCUT2D eigenvalue weighted by molar-refractivity contribution is 0.306. The summed E-state index contributed by atoms with van der Waals surface area (Å²) < 4.78 is 6.67. The molecule has 19 heavy (non-hydrogen) atoms. The number of anilines is 1. The van der Waals surface area contributed by atoms with Gasteiger partial charge >= 0.3 is 0 Å². The summed E-state index contributed by atoms with van der Waals surface area (Å²) in [4.78, 5) is 0. The maximum absolute atomic E-state index is 5.84. The number of rotatable bonds is 4. The van der Waals surface area contributed by atoms with Crippen LogP contribution >= 0.6 is 15.9 Å². The van der Waals surface area contributed by atoms with Crippen LogP contribution < -0.4 is 10.5 Å². The summed E-state index contributed by atoms with van der Waals surface area (Å²) in [6.07, 6.45) is 0. The molecule has 2 aromatic rings. The monoisotopic (exact) mass is 319 g/mol. The molecular formula is C16H18BrNO. The summed E-state index contributed by atoms with van der Waals surface area (Å²) in [5.41, 5.74) is 8.96. The lowest BCUT2D eigenvalue weighted by Gasteiger charge is -2.09. The maximum Gasteiger partial charge on any atom is 0.119 e. The topological polar surface area (TPSA) is 35.2 Å². The normalized spacial score (nSPS) is 10.7. The van der Waals surface area contributed by atoms with Crippen LogP contribution in [0.2, 0.25) is 0 Å². The van der Waals surface area contributed by atoms with Crippen molar-refractivity contribution in [1.29, 1.82) is 0 Å². The lowest BCUT2D eigenvalue weighted by atomic mass is 10.0. The molecule has 2 N–H and O–H groups in total. The smallest absolute Gasteiger partial charge is 0.119 e. The van der Waals surface area contributed by atoms with Gasteiger partial charge in [0, 0.05) is 10.2 Å². The fourth-order valence-electron chi connectivity index (χ4n) is 1.80. The summed E-state index contributed by atoms with van der Waals surface area (Å²) in [7, 11) is 0. The lowest BCUT2D eigenvalue weighted by Crippen LogP contribution is -1.97. The van der Waals surface area contributed by atoms with E-state index < -0.39 is 0 Å². The molecule has 0 bridgehead atoms. The molecule has 0 heterocycles. The Hall–Kier alpha value is -1.48. The first-order valence-corrected chi connectivity index (χ1v) is 7.12. The van der Waals surface area contributed by atoms with Crippen molar-refractivity contribution in [1.82, 2.24) is 0 Å². The summed E-state index contributed by atoms with van der Waals surface area (Å²) in [5.74, 6) is 1.42. The van der Waals surface area contributed by atoms with E-state index in [-0.39, 0.29) is 0 Å². The minimum absolute atomic E-state index is 0.526. The van der Waals surface area contributed by atoms with Crippen molar-refractivity contribution in [3.8, 4) is 5.75 Å². The Morgan fingerprint density at radius 3 is 2.37 bits per heavy atom. The van der Waals surface area contributed by atoms with Crippen LogP contribution in [0.1, 0.15) is 30.9 Å². The van der Waals surface area contributed by atoms with Gasteiger partial charge in [0.15, 0.2) is 0 Å². The third kappa shape index (κ3) is 3.74. The van der Waals surface area contributed by atoms with Crippen molar-refractivity contribution >= 4 is 21.6 Å². The SMILES string of the molecule is CC(C)c1ccc(OCc2ccc(Br)c(N)c2)cc1. The maximum atomic E-state index is 5.84. The van der Waals surface area contributed by atoms with Crippen molar-refractivity contribution < 1.29 is 4.74 Å². The van der Waals surface area contributed by atoms with Gasteiger partial charge in [-0.25, -0.2) is 0 Å². The molecular weight excluding hydrogens is 302 g/mol. The molecule has 0 aliphatic heterocycles. The first-order valence-electron chi connectivity index (χ1n) is 6.33. The zero-order chi connectivity index (χ0) is 13.8. The molecule has 0 radical (unpaired) electrons. The standard InChI is InChI=1S/C16H18BrNO/c1-11(2)13-4-6-14(7-5-13)19-10-12-3-8-15(17)16(18)9-12/h3-9,11H,10,18H2,1-2H3. The number of hydrogen-bond acceptors (Lipinski definition) is 2. The van der Waals surface area contributed by atoms with E-state index in [1.807, 2.05) is 30.3 Å². The van der Waals surface area contributed by atoms with Gasteiger partial charge in [-0.2, -0.15) is 0 Å². The molecule has 0 aromatic heterocycles. The first kappa shape index (κ1) is 13.9. The molecule has 0 spiro atoms. The first-order chi connectivity index (χ1) is 9.06. The van der Waals surface area contributed by atoms with Gasteiger partial charge in [-0.05, 0) is 57.2 Å². The summed E-state index contributed by atoms with van der Waals surface area (Å²) >= 11 is 3.38. The van der Waals surface area contributed by atoms with E-state index >= 15 is 0 Å². The van der Waals surface area contributed by atoms with Crippen molar-refractivity contribution in [3.63, 3.8) is 0 Å². The van der Waals surface area contributed by atoms with Gasteiger partial charge in [-0.1, -0.05) is 32.0 Å². The van der Waals surface area contributed by atoms with Gasteiger partial charge in [0.2, 0.25) is 0 Å². The largest absolute Gasteiger partial charge is 0.489 e. The highest BCUT2D eigenvalue weighted by Crippen LogP contribution is 2.22. The average molecular weight is 320 g/mol. The van der Waals surface area contributed by atoms with Gasteiger partial charge in [-0.15, -0.1) is 0 Å². The second-order valence-corrected chi connectivity index (χ2v) is 5.72. The molecule has 0 aliphatic carbocycles. The molecule has 2 rings (SSSR count). The number of benzene rings is 2. The second-order valence-electron chi connectivity index (χ2n) is 4.87. The van der Waals surface area contributed by atoms with Gasteiger partial charge in [0.25, 0.3) is 0 Å². The molecule has 0 saturated heterocycles. The zero-order valence-electron chi connectivity index (χ0n) is 11.2. The highest BCUT2D eigenvalue weighted by atomic mass is 79.9. The van der Waals surface area contributed by atoms with Crippen molar-refractivity contribution in [3.05, 3.63) is 58.1 Å². The highest BCUT2D eigenvalue weighted by molar-refractivity contribution is 9.10. The van der Waals surface area contributed by atoms with Crippen molar-refractivity contribution in [2.45, 2.75) is 26.4 Å². The number of hydrogen-bond donors (Lipinski definition) is 1. The average Bonchev–Trinajstić information content (AvgIpc) is 2.40. The van der Waals surface area contributed by atoms with Gasteiger partial charge < -0.3 is 10.5 Å².